The third-order valence-electron chi connectivity index (χ3n) is 3.43. The number of benzene rings is 1. The van der Waals surface area contributed by atoms with Gasteiger partial charge in [-0.05, 0) is 35.6 Å². The van der Waals surface area contributed by atoms with Crippen LogP contribution < -0.4 is 25.1 Å². The summed E-state index contributed by atoms with van der Waals surface area (Å²) in [4.78, 5) is 24.2. The third-order valence-corrected chi connectivity index (χ3v) is 4.29. The number of amides is 2. The lowest BCUT2D eigenvalue weighted by Crippen LogP contribution is -2.41. The molecule has 0 radical (unpaired) electrons. The van der Waals surface area contributed by atoms with Gasteiger partial charge < -0.3 is 14.2 Å². The van der Waals surface area contributed by atoms with E-state index < -0.39 is 0 Å². The van der Waals surface area contributed by atoms with Crippen LogP contribution >= 0.6 is 11.3 Å². The quantitative estimate of drug-likeness (QED) is 0.736. The van der Waals surface area contributed by atoms with Crippen molar-refractivity contribution < 1.29 is 23.8 Å². The Balaban J connectivity index is 1.92. The molecule has 0 aliphatic carbocycles. The summed E-state index contributed by atoms with van der Waals surface area (Å²) in [5.41, 5.74) is 5.64. The summed E-state index contributed by atoms with van der Waals surface area (Å²) in [6.45, 7) is 0. The van der Waals surface area contributed by atoms with E-state index in [9.17, 15) is 9.59 Å². The van der Waals surface area contributed by atoms with Crippen LogP contribution in [0, 0.1) is 0 Å². The molecule has 1 aromatic heterocycles. The average molecular weight is 364 g/mol. The molecule has 25 heavy (non-hydrogen) atoms. The van der Waals surface area contributed by atoms with Gasteiger partial charge in [0.15, 0.2) is 11.5 Å². The van der Waals surface area contributed by atoms with Gasteiger partial charge in [-0.3, -0.25) is 20.4 Å². The Morgan fingerprint density at radius 1 is 1.04 bits per heavy atom. The number of rotatable bonds is 7. The smallest absolute Gasteiger partial charge is 0.279 e. The van der Waals surface area contributed by atoms with Crippen molar-refractivity contribution in [1.29, 1.82) is 0 Å². The van der Waals surface area contributed by atoms with E-state index in [1.165, 1.54) is 32.7 Å². The number of hydrazine groups is 1. The van der Waals surface area contributed by atoms with Crippen molar-refractivity contribution in [3.05, 3.63) is 40.1 Å². The first-order valence-corrected chi connectivity index (χ1v) is 8.38. The van der Waals surface area contributed by atoms with Crippen LogP contribution in [0.1, 0.15) is 21.7 Å². The minimum absolute atomic E-state index is 0.198. The summed E-state index contributed by atoms with van der Waals surface area (Å²) in [7, 11) is 4.60. The fourth-order valence-electron chi connectivity index (χ4n) is 2.20. The average Bonchev–Trinajstić information content (AvgIpc) is 3.18. The first-order chi connectivity index (χ1) is 12.1. The summed E-state index contributed by atoms with van der Waals surface area (Å²) < 4.78 is 15.8. The van der Waals surface area contributed by atoms with Crippen LogP contribution in [0.5, 0.6) is 17.2 Å². The second-order valence-electron chi connectivity index (χ2n) is 5.01. The summed E-state index contributed by atoms with van der Waals surface area (Å²) >= 11 is 1.30. The van der Waals surface area contributed by atoms with Crippen molar-refractivity contribution in [3.8, 4) is 17.2 Å². The van der Waals surface area contributed by atoms with Crippen molar-refractivity contribution in [2.24, 2.45) is 0 Å². The number of hydrogen-bond donors (Lipinski definition) is 2. The highest BCUT2D eigenvalue weighted by Gasteiger charge is 2.14. The number of methoxy groups -OCH3 is 3. The normalized spacial score (nSPS) is 10.0. The van der Waals surface area contributed by atoms with Crippen LogP contribution in [0.3, 0.4) is 0 Å². The summed E-state index contributed by atoms with van der Waals surface area (Å²) in [6.07, 6.45) is 0.654. The number of carbonyl (C=O) groups excluding carboxylic acids is 2. The van der Waals surface area contributed by atoms with Gasteiger partial charge in [0.25, 0.3) is 5.91 Å². The highest BCUT2D eigenvalue weighted by molar-refractivity contribution is 7.12. The first-order valence-electron chi connectivity index (χ1n) is 7.50. The maximum absolute atomic E-state index is 11.9. The fourth-order valence-corrected chi connectivity index (χ4v) is 2.81. The molecule has 1 heterocycles. The highest BCUT2D eigenvalue weighted by Crippen LogP contribution is 2.38. The molecule has 1 aromatic carbocycles. The molecule has 0 saturated carbocycles. The van der Waals surface area contributed by atoms with E-state index in [4.69, 9.17) is 14.2 Å². The van der Waals surface area contributed by atoms with Gasteiger partial charge in [0.2, 0.25) is 11.7 Å². The second-order valence-corrected chi connectivity index (χ2v) is 5.96. The molecule has 7 nitrogen and oxygen atoms in total. The minimum Gasteiger partial charge on any atom is -0.493 e. The molecule has 0 fully saturated rings. The first kappa shape index (κ1) is 18.6. The van der Waals surface area contributed by atoms with Crippen LogP contribution in [0.4, 0.5) is 0 Å². The Morgan fingerprint density at radius 2 is 1.72 bits per heavy atom. The molecule has 0 saturated heterocycles. The van der Waals surface area contributed by atoms with Gasteiger partial charge in [0.1, 0.15) is 0 Å². The molecule has 0 aliphatic heterocycles. The van der Waals surface area contributed by atoms with Crippen LogP contribution in [-0.2, 0) is 11.2 Å². The van der Waals surface area contributed by atoms with E-state index in [0.29, 0.717) is 28.5 Å². The monoisotopic (exact) mass is 364 g/mol. The molecular formula is C17H20N2O5S. The van der Waals surface area contributed by atoms with Crippen molar-refractivity contribution in [3.63, 3.8) is 0 Å². The summed E-state index contributed by atoms with van der Waals surface area (Å²) in [5, 5.41) is 1.79. The molecule has 2 aromatic rings. The van der Waals surface area contributed by atoms with Gasteiger partial charge in [-0.1, -0.05) is 6.07 Å². The van der Waals surface area contributed by atoms with Gasteiger partial charge in [-0.25, -0.2) is 0 Å². The van der Waals surface area contributed by atoms with Gasteiger partial charge in [-0.2, -0.15) is 0 Å². The van der Waals surface area contributed by atoms with E-state index in [2.05, 4.69) is 10.9 Å². The van der Waals surface area contributed by atoms with Crippen molar-refractivity contribution in [2.75, 3.05) is 21.3 Å². The highest BCUT2D eigenvalue weighted by atomic mass is 32.1. The third kappa shape index (κ3) is 4.87. The van der Waals surface area contributed by atoms with Crippen molar-refractivity contribution in [1.82, 2.24) is 10.9 Å². The Labute approximate surface area is 149 Å². The Hall–Kier alpha value is -2.74. The van der Waals surface area contributed by atoms with Gasteiger partial charge in [-0.15, -0.1) is 11.3 Å². The second kappa shape index (κ2) is 8.93. The largest absolute Gasteiger partial charge is 0.493 e. The van der Waals surface area contributed by atoms with E-state index in [-0.39, 0.29) is 18.2 Å². The molecule has 0 unspecified atom stereocenters. The standard InChI is InChI=1S/C17H20N2O5S/c1-22-12-9-11(10-13(23-2)16(12)24-3)6-7-15(20)18-19-17(21)14-5-4-8-25-14/h4-5,8-10H,6-7H2,1-3H3,(H,18,20)(H,19,21). The molecule has 134 valence electrons. The minimum atomic E-state index is -0.337. The zero-order valence-electron chi connectivity index (χ0n) is 14.3. The molecule has 2 amide bonds. The molecule has 2 N–H and O–H groups in total. The number of nitrogens with one attached hydrogen (secondary N) is 2. The topological polar surface area (TPSA) is 85.9 Å². The number of carbonyl (C=O) groups is 2. The van der Waals surface area contributed by atoms with Crippen molar-refractivity contribution >= 4 is 23.2 Å². The summed E-state index contributed by atoms with van der Waals surface area (Å²) in [6, 6.07) is 7.03. The lowest BCUT2D eigenvalue weighted by molar-refractivity contribution is -0.121. The van der Waals surface area contributed by atoms with E-state index in [1.54, 1.807) is 29.6 Å². The zero-order valence-corrected chi connectivity index (χ0v) is 15.1. The van der Waals surface area contributed by atoms with Crippen LogP contribution in [0.2, 0.25) is 0 Å². The predicted molar refractivity (Wildman–Crippen MR) is 94.3 cm³/mol. The molecule has 8 heteroatoms. The lowest BCUT2D eigenvalue weighted by atomic mass is 10.1. The number of ether oxygens (including phenoxy) is 3. The van der Waals surface area contributed by atoms with E-state index >= 15 is 0 Å². The van der Waals surface area contributed by atoms with Crippen LogP contribution in [-0.4, -0.2) is 33.1 Å². The molecule has 0 bridgehead atoms. The number of aryl methyl sites for hydroxylation is 1. The van der Waals surface area contributed by atoms with Crippen molar-refractivity contribution in [2.45, 2.75) is 12.8 Å². The van der Waals surface area contributed by atoms with E-state index in [0.717, 1.165) is 5.56 Å². The Bertz CT molecular complexity index is 706. The Morgan fingerprint density at radius 3 is 2.24 bits per heavy atom. The molecule has 0 spiro atoms. The number of thiophene rings is 1. The lowest BCUT2D eigenvalue weighted by Gasteiger charge is -2.14. The maximum atomic E-state index is 11.9. The zero-order chi connectivity index (χ0) is 18.2. The van der Waals surface area contributed by atoms with E-state index in [1.807, 2.05) is 0 Å². The van der Waals surface area contributed by atoms with Gasteiger partial charge in [0, 0.05) is 6.42 Å². The molecule has 0 aliphatic rings. The maximum Gasteiger partial charge on any atom is 0.279 e. The van der Waals surface area contributed by atoms with Crippen LogP contribution in [0.25, 0.3) is 0 Å². The Kier molecular flexibility index (Phi) is 6.64. The van der Waals surface area contributed by atoms with Gasteiger partial charge >= 0.3 is 0 Å². The predicted octanol–water partition coefficient (Wildman–Crippen LogP) is 2.17. The van der Waals surface area contributed by atoms with Crippen LogP contribution in [0.15, 0.2) is 29.6 Å². The molecule has 0 atom stereocenters. The molecule has 2 rings (SSSR count). The SMILES string of the molecule is COc1cc(CCC(=O)NNC(=O)c2cccs2)cc(OC)c1OC. The van der Waals surface area contributed by atoms with Gasteiger partial charge in [0.05, 0.1) is 26.2 Å². The number of hydrogen-bond acceptors (Lipinski definition) is 6. The summed E-state index contributed by atoms with van der Waals surface area (Å²) in [5.74, 6) is 0.933. The molecular weight excluding hydrogens is 344 g/mol. The fraction of sp³-hybridized carbons (Fsp3) is 0.294.